The van der Waals surface area contributed by atoms with Crippen LogP contribution in [0.25, 0.3) is 6.08 Å². The summed E-state index contributed by atoms with van der Waals surface area (Å²) in [5, 5.41) is 18.4. The zero-order chi connectivity index (χ0) is 42.8. The van der Waals surface area contributed by atoms with Crippen molar-refractivity contribution in [2.75, 3.05) is 87.5 Å². The lowest BCUT2D eigenvalue weighted by atomic mass is 9.70. The van der Waals surface area contributed by atoms with Crippen molar-refractivity contribution in [2.24, 2.45) is 23.7 Å². The molecule has 5 N–H and O–H groups in total. The maximum Gasteiger partial charge on any atom is 0.339 e. The lowest BCUT2D eigenvalue weighted by Gasteiger charge is -2.38. The smallest absolute Gasteiger partial charge is 0.339 e. The van der Waals surface area contributed by atoms with Crippen molar-refractivity contribution < 1.29 is 52.7 Å². The van der Waals surface area contributed by atoms with Crippen LogP contribution in [0.5, 0.6) is 17.2 Å². The largest absolute Gasteiger partial charge is 0.493 e. The van der Waals surface area contributed by atoms with Crippen molar-refractivity contribution in [1.29, 1.82) is 0 Å². The number of hydrogen-bond donors (Lipinski definition) is 5. The molecule has 1 aromatic rings. The quantitative estimate of drug-likeness (QED) is 0.0204. The van der Waals surface area contributed by atoms with E-state index in [1.165, 1.54) is 70.3 Å². The Labute approximate surface area is 359 Å². The highest BCUT2D eigenvalue weighted by Gasteiger charge is 2.31. The summed E-state index contributed by atoms with van der Waals surface area (Å²) < 4.78 is 37.9. The first-order valence-electron chi connectivity index (χ1n) is 22.6. The lowest BCUT2D eigenvalue weighted by molar-refractivity contribution is -0.148. The average molecular weight is 851 g/mol. The van der Waals surface area contributed by atoms with Crippen LogP contribution in [0, 0.1) is 23.7 Å². The molecule has 1 aromatic carbocycles. The van der Waals surface area contributed by atoms with Gasteiger partial charge in [0.05, 0.1) is 72.3 Å². The first kappa shape index (κ1) is 50.1. The molecular weight excluding hydrogens is 773 g/mol. The van der Waals surface area contributed by atoms with Crippen LogP contribution in [0.4, 0.5) is 0 Å². The minimum atomic E-state index is -1.64. The minimum absolute atomic E-state index is 0.0159. The Bertz CT molecular complexity index is 1330. The Morgan fingerprint density at radius 1 is 0.700 bits per heavy atom. The number of benzene rings is 1. The van der Waals surface area contributed by atoms with E-state index in [0.29, 0.717) is 74.7 Å². The number of aliphatic hydroxyl groups is 1. The van der Waals surface area contributed by atoms with Crippen LogP contribution in [0.3, 0.4) is 0 Å². The Kier molecular flexibility index (Phi) is 24.8. The Hall–Kier alpha value is -2.57. The molecule has 0 spiro atoms. The highest BCUT2D eigenvalue weighted by Crippen LogP contribution is 2.41. The molecule has 15 heteroatoms. The molecule has 3 aliphatic carbocycles. The number of nitrogens with one attached hydrogen (secondary N) is 4. The maximum absolute atomic E-state index is 13.6. The molecule has 15 nitrogen and oxygen atoms in total. The summed E-state index contributed by atoms with van der Waals surface area (Å²) >= 11 is 0. The normalized spacial score (nSPS) is 24.2. The van der Waals surface area contributed by atoms with Gasteiger partial charge < -0.3 is 47.9 Å². The van der Waals surface area contributed by atoms with Gasteiger partial charge in [0, 0.05) is 37.9 Å². The van der Waals surface area contributed by atoms with E-state index < -0.39 is 12.3 Å². The van der Waals surface area contributed by atoms with Crippen LogP contribution in [-0.2, 0) is 33.2 Å². The molecule has 0 amide bonds. The fourth-order valence-electron chi connectivity index (χ4n) is 8.68. The predicted octanol–water partition coefficient (Wildman–Crippen LogP) is 5.89. The van der Waals surface area contributed by atoms with Crippen LogP contribution < -0.4 is 36.0 Å². The molecule has 1 unspecified atom stereocenters. The van der Waals surface area contributed by atoms with Gasteiger partial charge in [-0.2, -0.15) is 0 Å². The molecule has 3 saturated carbocycles. The maximum atomic E-state index is 13.6. The molecule has 4 rings (SSSR count). The van der Waals surface area contributed by atoms with Gasteiger partial charge in [0.25, 0.3) is 0 Å². The molecule has 60 heavy (non-hydrogen) atoms. The van der Waals surface area contributed by atoms with Crippen molar-refractivity contribution in [3.05, 3.63) is 23.3 Å². The van der Waals surface area contributed by atoms with Crippen molar-refractivity contribution in [3.8, 4) is 17.2 Å². The van der Waals surface area contributed by atoms with Gasteiger partial charge in [0.15, 0.2) is 23.5 Å². The number of esters is 1. The second kappa shape index (κ2) is 29.7. The number of hydroxylamine groups is 2. The minimum Gasteiger partial charge on any atom is -0.493 e. The van der Waals surface area contributed by atoms with Gasteiger partial charge in [0.2, 0.25) is 0 Å². The highest BCUT2D eigenvalue weighted by molar-refractivity contribution is 5.95. The summed E-state index contributed by atoms with van der Waals surface area (Å²) in [6.45, 7) is 7.30. The Balaban J connectivity index is 1.43. The number of carbonyl (C=O) groups is 1. The number of methoxy groups -OCH3 is 3. The molecule has 344 valence electrons. The van der Waals surface area contributed by atoms with E-state index in [4.69, 9.17) is 42.8 Å². The molecule has 1 atom stereocenters. The van der Waals surface area contributed by atoms with Crippen molar-refractivity contribution >= 4 is 12.0 Å². The SMILES string of the molecule is CCCC1CCC(C2CCC(NCNOc3cc(OC)c(ONCNC4CCC(C)CC4)cc3/C=C(\C(=O)OCCOCCOC)C(O)OCCOCCOC)CC2)CC1. The molecule has 3 fully saturated rings. The van der Waals surface area contributed by atoms with Crippen LogP contribution in [0.15, 0.2) is 17.7 Å². The van der Waals surface area contributed by atoms with Crippen LogP contribution in [-0.4, -0.2) is 117 Å². The summed E-state index contributed by atoms with van der Waals surface area (Å²) in [4.78, 5) is 25.7. The zero-order valence-corrected chi connectivity index (χ0v) is 37.3. The number of aliphatic hydroxyl groups excluding tert-OH is 1. The van der Waals surface area contributed by atoms with E-state index in [0.717, 1.165) is 49.4 Å². The van der Waals surface area contributed by atoms with Crippen molar-refractivity contribution in [3.63, 3.8) is 0 Å². The molecule has 0 heterocycles. The topological polar surface area (TPSA) is 168 Å². The molecule has 0 bridgehead atoms. The van der Waals surface area contributed by atoms with Gasteiger partial charge in [-0.05, 0) is 100 Å². The fourth-order valence-corrected chi connectivity index (χ4v) is 8.68. The number of hydrogen-bond acceptors (Lipinski definition) is 15. The third-order valence-corrected chi connectivity index (χ3v) is 12.3. The summed E-state index contributed by atoms with van der Waals surface area (Å²) in [7, 11) is 4.72. The Morgan fingerprint density at radius 3 is 1.83 bits per heavy atom. The van der Waals surface area contributed by atoms with Crippen LogP contribution in [0.1, 0.15) is 109 Å². The molecule has 0 aliphatic heterocycles. The van der Waals surface area contributed by atoms with Crippen molar-refractivity contribution in [2.45, 2.75) is 122 Å². The van der Waals surface area contributed by atoms with E-state index in [1.807, 2.05) is 0 Å². The van der Waals surface area contributed by atoms with Gasteiger partial charge in [-0.3, -0.25) is 10.6 Å². The van der Waals surface area contributed by atoms with Crippen molar-refractivity contribution in [1.82, 2.24) is 21.6 Å². The van der Waals surface area contributed by atoms with E-state index in [1.54, 1.807) is 33.5 Å². The van der Waals surface area contributed by atoms with Gasteiger partial charge >= 0.3 is 5.97 Å². The summed E-state index contributed by atoms with van der Waals surface area (Å²) in [5.74, 6) is 3.72. The van der Waals surface area contributed by atoms with Gasteiger partial charge in [-0.1, -0.05) is 39.5 Å². The number of carbonyl (C=O) groups excluding carboxylic acids is 1. The van der Waals surface area contributed by atoms with Gasteiger partial charge in [0.1, 0.15) is 6.61 Å². The average Bonchev–Trinajstić information content (AvgIpc) is 3.26. The van der Waals surface area contributed by atoms with Crippen LogP contribution in [0.2, 0.25) is 0 Å². The second-order valence-electron chi connectivity index (χ2n) is 16.6. The predicted molar refractivity (Wildman–Crippen MR) is 230 cm³/mol. The van der Waals surface area contributed by atoms with E-state index in [-0.39, 0.29) is 32.0 Å². The van der Waals surface area contributed by atoms with Gasteiger partial charge in [-0.15, -0.1) is 11.0 Å². The number of ether oxygens (including phenoxy) is 7. The Morgan fingerprint density at radius 2 is 1.25 bits per heavy atom. The lowest BCUT2D eigenvalue weighted by Crippen LogP contribution is -2.41. The first-order valence-corrected chi connectivity index (χ1v) is 22.6. The highest BCUT2D eigenvalue weighted by atomic mass is 16.7. The molecule has 3 aliphatic rings. The summed E-state index contributed by atoms with van der Waals surface area (Å²) in [6, 6.07) is 4.18. The van der Waals surface area contributed by atoms with E-state index >= 15 is 0 Å². The third-order valence-electron chi connectivity index (χ3n) is 12.3. The molecule has 0 aromatic heterocycles. The number of rotatable bonds is 30. The first-order chi connectivity index (χ1) is 29.3. The standard InChI is InChI=1S/C45H78N4O11/c1-6-7-34-10-12-35(13-11-34)36-14-18-39(19-15-36)47-31-48-59-41-30-42(54-5)43(60-49-32-46-38-16-8-33(2)9-17-38)29-37(41)28-40(44(50)57-26-24-55-22-20-52-3)45(51)58-27-25-56-23-21-53-4/h28-30,33-36,38-39,44,46-50H,6-27,31-32H2,1-5H3/b40-28-. The van der Waals surface area contributed by atoms with E-state index in [2.05, 4.69) is 35.4 Å². The fraction of sp³-hybridized carbons (Fsp3) is 0.800. The molecular formula is C45H78N4O11. The molecule has 0 radical (unpaired) electrons. The van der Waals surface area contributed by atoms with E-state index in [9.17, 15) is 9.90 Å². The second-order valence-corrected chi connectivity index (χ2v) is 16.6. The summed E-state index contributed by atoms with van der Waals surface area (Å²) in [5.41, 5.74) is 6.33. The molecule has 0 saturated heterocycles. The monoisotopic (exact) mass is 851 g/mol. The summed E-state index contributed by atoms with van der Waals surface area (Å²) in [6.07, 6.45) is 17.6. The zero-order valence-electron chi connectivity index (χ0n) is 37.3. The van der Waals surface area contributed by atoms with Gasteiger partial charge in [-0.25, -0.2) is 4.79 Å². The van der Waals surface area contributed by atoms with Crippen LogP contribution >= 0.6 is 0 Å². The third kappa shape index (κ3) is 18.4.